The number of aliphatic hydroxyl groups excluding tert-OH is 1. The normalized spacial score (nSPS) is 20.8. The van der Waals surface area contributed by atoms with Gasteiger partial charge >= 0.3 is 11.9 Å². The van der Waals surface area contributed by atoms with Gasteiger partial charge < -0.3 is 19.7 Å². The smallest absolute Gasteiger partial charge is 0.338 e. The fourth-order valence-corrected chi connectivity index (χ4v) is 2.66. The molecule has 1 saturated heterocycles. The largest absolute Gasteiger partial charge is 0.478 e. The molecule has 150 valence electrons. The molecule has 1 aliphatic rings. The van der Waals surface area contributed by atoms with Crippen LogP contribution in [0.5, 0.6) is 0 Å². The number of aryl methyl sites for hydroxylation is 2. The average Bonchev–Trinajstić information content (AvgIpc) is 2.99. The predicted octanol–water partition coefficient (Wildman–Crippen LogP) is 3.59. The summed E-state index contributed by atoms with van der Waals surface area (Å²) >= 11 is 0. The van der Waals surface area contributed by atoms with Crippen LogP contribution in [0.2, 0.25) is 0 Å². The lowest BCUT2D eigenvalue weighted by Crippen LogP contribution is -2.19. The average molecular weight is 386 g/mol. The number of hydrogen-bond acceptors (Lipinski definition) is 5. The van der Waals surface area contributed by atoms with Crippen LogP contribution in [0.15, 0.2) is 48.5 Å². The van der Waals surface area contributed by atoms with E-state index in [1.807, 2.05) is 32.9 Å². The van der Waals surface area contributed by atoms with Gasteiger partial charge in [0.1, 0.15) is 6.61 Å². The molecule has 3 atom stereocenters. The van der Waals surface area contributed by atoms with Crippen molar-refractivity contribution in [2.75, 3.05) is 6.61 Å². The van der Waals surface area contributed by atoms with Gasteiger partial charge in [-0.3, -0.25) is 0 Å². The lowest BCUT2D eigenvalue weighted by molar-refractivity contribution is -0.115. The second-order valence-corrected chi connectivity index (χ2v) is 7.00. The number of carboxylic acids is 1. The van der Waals surface area contributed by atoms with Gasteiger partial charge in [-0.2, -0.15) is 0 Å². The highest BCUT2D eigenvalue weighted by molar-refractivity contribution is 5.89. The zero-order valence-electron chi connectivity index (χ0n) is 16.3. The van der Waals surface area contributed by atoms with Gasteiger partial charge in [-0.25, -0.2) is 9.59 Å². The van der Waals surface area contributed by atoms with Crippen molar-refractivity contribution in [1.29, 1.82) is 0 Å². The van der Waals surface area contributed by atoms with Crippen LogP contribution in [0, 0.1) is 19.8 Å². The molecule has 0 aromatic heterocycles. The minimum atomic E-state index is -0.875. The van der Waals surface area contributed by atoms with E-state index in [9.17, 15) is 14.7 Å². The van der Waals surface area contributed by atoms with Gasteiger partial charge in [-0.1, -0.05) is 42.3 Å². The van der Waals surface area contributed by atoms with Gasteiger partial charge in [0.15, 0.2) is 6.29 Å². The fraction of sp³-hybridized carbons (Fsp3) is 0.364. The molecule has 0 amide bonds. The Morgan fingerprint density at radius 1 is 1.00 bits per heavy atom. The summed E-state index contributed by atoms with van der Waals surface area (Å²) in [6, 6.07) is 14.0. The number of rotatable bonds is 4. The molecule has 28 heavy (non-hydrogen) atoms. The van der Waals surface area contributed by atoms with Crippen LogP contribution in [0.4, 0.5) is 0 Å². The summed E-state index contributed by atoms with van der Waals surface area (Å²) < 4.78 is 10.4. The van der Waals surface area contributed by atoms with E-state index in [4.69, 9.17) is 14.6 Å². The van der Waals surface area contributed by atoms with E-state index in [2.05, 4.69) is 0 Å². The van der Waals surface area contributed by atoms with Gasteiger partial charge in [0.05, 0.1) is 17.2 Å². The number of carbonyl (C=O) groups is 2. The maximum absolute atomic E-state index is 11.7. The summed E-state index contributed by atoms with van der Waals surface area (Å²) in [6.07, 6.45) is -0.236. The molecule has 6 nitrogen and oxygen atoms in total. The van der Waals surface area contributed by atoms with Gasteiger partial charge in [0.25, 0.3) is 0 Å². The first kappa shape index (κ1) is 21.6. The summed E-state index contributed by atoms with van der Waals surface area (Å²) in [5.74, 6) is -1.14. The standard InChI is InChI=1S/C14H18O4.C8H8O2/c1-9-3-5-11(6-4-9)14(16)17-8-12-7-10(2)13(15)18-12;1-6-2-4-7(5-3-6)8(9)10/h3-6,10,12-13,15H,7-8H2,1-2H3;2-5H,1H3,(H,9,10). The monoisotopic (exact) mass is 386 g/mol. The van der Waals surface area contributed by atoms with Gasteiger partial charge in [-0.05, 0) is 44.5 Å². The minimum absolute atomic E-state index is 0.0908. The Kier molecular flexibility index (Phi) is 7.72. The fourth-order valence-electron chi connectivity index (χ4n) is 2.66. The number of aromatic carboxylic acids is 1. The van der Waals surface area contributed by atoms with Crippen molar-refractivity contribution in [2.24, 2.45) is 5.92 Å². The van der Waals surface area contributed by atoms with E-state index in [0.29, 0.717) is 17.5 Å². The molecule has 2 N–H and O–H groups in total. The summed E-state index contributed by atoms with van der Waals surface area (Å²) in [6.45, 7) is 5.98. The molecule has 6 heteroatoms. The molecule has 0 bridgehead atoms. The van der Waals surface area contributed by atoms with Crippen LogP contribution in [0.3, 0.4) is 0 Å². The van der Waals surface area contributed by atoms with Crippen LogP contribution < -0.4 is 0 Å². The third-order valence-corrected chi connectivity index (χ3v) is 4.44. The number of benzene rings is 2. The Labute approximate surface area is 164 Å². The maximum Gasteiger partial charge on any atom is 0.338 e. The SMILES string of the molecule is Cc1ccc(C(=O)O)cc1.Cc1ccc(C(=O)OCC2CC(C)C(O)O2)cc1. The van der Waals surface area contributed by atoms with Crippen LogP contribution in [0.25, 0.3) is 0 Å². The lowest BCUT2D eigenvalue weighted by atomic mass is 10.1. The van der Waals surface area contributed by atoms with Crippen molar-refractivity contribution in [1.82, 2.24) is 0 Å². The second kappa shape index (κ2) is 10.0. The van der Waals surface area contributed by atoms with Gasteiger partial charge in [0.2, 0.25) is 0 Å². The zero-order chi connectivity index (χ0) is 20.7. The molecule has 0 saturated carbocycles. The van der Waals surface area contributed by atoms with E-state index in [-0.39, 0.29) is 24.6 Å². The minimum Gasteiger partial charge on any atom is -0.478 e. The number of aliphatic hydroxyl groups is 1. The third kappa shape index (κ3) is 6.48. The number of carboxylic acid groups (broad SMARTS) is 1. The third-order valence-electron chi connectivity index (χ3n) is 4.44. The molecule has 3 rings (SSSR count). The number of hydrogen-bond donors (Lipinski definition) is 2. The van der Waals surface area contributed by atoms with E-state index >= 15 is 0 Å². The molecular formula is C22H26O6. The Morgan fingerprint density at radius 3 is 1.93 bits per heavy atom. The van der Waals surface area contributed by atoms with Crippen molar-refractivity contribution in [3.05, 3.63) is 70.8 Å². The summed E-state index contributed by atoms with van der Waals surface area (Å²) in [5.41, 5.74) is 3.05. The molecule has 1 aliphatic heterocycles. The number of carbonyl (C=O) groups excluding carboxylic acids is 1. The van der Waals surface area contributed by atoms with E-state index in [1.54, 1.807) is 36.4 Å². The Bertz CT molecular complexity index is 772. The number of ether oxygens (including phenoxy) is 2. The molecule has 1 heterocycles. The lowest BCUT2D eigenvalue weighted by Gasteiger charge is -2.11. The Hall–Kier alpha value is -2.70. The van der Waals surface area contributed by atoms with Crippen molar-refractivity contribution in [3.63, 3.8) is 0 Å². The van der Waals surface area contributed by atoms with Crippen LogP contribution >= 0.6 is 0 Å². The molecule has 2 aromatic rings. The van der Waals surface area contributed by atoms with Crippen LogP contribution in [-0.4, -0.2) is 41.2 Å². The summed E-state index contributed by atoms with van der Waals surface area (Å²) in [7, 11) is 0. The van der Waals surface area contributed by atoms with Crippen molar-refractivity contribution in [3.8, 4) is 0 Å². The molecule has 0 aliphatic carbocycles. The summed E-state index contributed by atoms with van der Waals surface area (Å²) in [5, 5.41) is 17.9. The quantitative estimate of drug-likeness (QED) is 0.780. The van der Waals surface area contributed by atoms with Gasteiger partial charge in [-0.15, -0.1) is 0 Å². The molecule has 0 radical (unpaired) electrons. The van der Waals surface area contributed by atoms with Crippen molar-refractivity contribution >= 4 is 11.9 Å². The van der Waals surface area contributed by atoms with Crippen molar-refractivity contribution in [2.45, 2.75) is 39.6 Å². The second-order valence-electron chi connectivity index (χ2n) is 7.00. The molecule has 0 spiro atoms. The molecule has 2 aromatic carbocycles. The van der Waals surface area contributed by atoms with E-state index < -0.39 is 12.3 Å². The van der Waals surface area contributed by atoms with Gasteiger partial charge in [0, 0.05) is 5.92 Å². The number of esters is 1. The predicted molar refractivity (Wildman–Crippen MR) is 104 cm³/mol. The van der Waals surface area contributed by atoms with Crippen LogP contribution in [-0.2, 0) is 9.47 Å². The maximum atomic E-state index is 11.7. The zero-order valence-corrected chi connectivity index (χ0v) is 16.3. The first-order chi connectivity index (χ1) is 13.3. The Balaban J connectivity index is 0.000000237. The Morgan fingerprint density at radius 2 is 1.50 bits per heavy atom. The first-order valence-electron chi connectivity index (χ1n) is 9.13. The van der Waals surface area contributed by atoms with E-state index in [1.165, 1.54) is 0 Å². The molecule has 3 unspecified atom stereocenters. The first-order valence-corrected chi connectivity index (χ1v) is 9.13. The van der Waals surface area contributed by atoms with Crippen LogP contribution in [0.1, 0.15) is 45.2 Å². The van der Waals surface area contributed by atoms with Crippen molar-refractivity contribution < 1.29 is 29.3 Å². The topological polar surface area (TPSA) is 93.1 Å². The highest BCUT2D eigenvalue weighted by Crippen LogP contribution is 2.24. The summed E-state index contributed by atoms with van der Waals surface area (Å²) in [4.78, 5) is 22.0. The highest BCUT2D eigenvalue weighted by Gasteiger charge is 2.31. The molecular weight excluding hydrogens is 360 g/mol. The molecule has 1 fully saturated rings. The van der Waals surface area contributed by atoms with E-state index in [0.717, 1.165) is 11.1 Å². The highest BCUT2D eigenvalue weighted by atomic mass is 16.6.